The van der Waals surface area contributed by atoms with Gasteiger partial charge in [0.05, 0.1) is 13.7 Å². The second-order valence-corrected chi connectivity index (χ2v) is 5.66. The van der Waals surface area contributed by atoms with E-state index in [4.69, 9.17) is 23.7 Å². The number of carbonyl (C=O) groups excluding carboxylic acids is 2. The zero-order valence-corrected chi connectivity index (χ0v) is 14.7. The number of benzene rings is 1. The van der Waals surface area contributed by atoms with E-state index in [1.807, 2.05) is 0 Å². The number of aliphatic hydroxyl groups excluding tert-OH is 2. The van der Waals surface area contributed by atoms with Crippen LogP contribution < -0.4 is 9.47 Å². The molecule has 1 aromatic rings. The Morgan fingerprint density at radius 3 is 2.08 bits per heavy atom. The first-order chi connectivity index (χ1) is 12.3. The lowest BCUT2D eigenvalue weighted by molar-refractivity contribution is -0.284. The summed E-state index contributed by atoms with van der Waals surface area (Å²) in [7, 11) is 1.52. The predicted molar refractivity (Wildman–Crippen MR) is 86.5 cm³/mol. The molecule has 1 aromatic carbocycles. The summed E-state index contributed by atoms with van der Waals surface area (Å²) in [5.41, 5.74) is 0. The van der Waals surface area contributed by atoms with Gasteiger partial charge in [0.15, 0.2) is 12.2 Å². The summed E-state index contributed by atoms with van der Waals surface area (Å²) in [5.74, 6) is -0.373. The van der Waals surface area contributed by atoms with Crippen LogP contribution in [0, 0.1) is 0 Å². The minimum Gasteiger partial charge on any atom is -0.497 e. The van der Waals surface area contributed by atoms with Crippen LogP contribution in [0.5, 0.6) is 11.5 Å². The molecule has 144 valence electrons. The molecule has 1 fully saturated rings. The molecule has 0 bridgehead atoms. The second-order valence-electron chi connectivity index (χ2n) is 5.66. The van der Waals surface area contributed by atoms with Crippen molar-refractivity contribution >= 4 is 11.9 Å². The van der Waals surface area contributed by atoms with Crippen LogP contribution in [0.2, 0.25) is 0 Å². The van der Waals surface area contributed by atoms with Crippen molar-refractivity contribution in [2.45, 2.75) is 44.6 Å². The molecule has 1 heterocycles. The van der Waals surface area contributed by atoms with E-state index in [0.717, 1.165) is 13.8 Å². The number of ether oxygens (including phenoxy) is 5. The quantitative estimate of drug-likeness (QED) is 0.667. The van der Waals surface area contributed by atoms with E-state index in [1.165, 1.54) is 7.11 Å². The number of esters is 2. The Balaban J connectivity index is 2.23. The maximum atomic E-state index is 11.4. The van der Waals surface area contributed by atoms with Gasteiger partial charge in [0.1, 0.15) is 23.7 Å². The van der Waals surface area contributed by atoms with Crippen molar-refractivity contribution in [1.82, 2.24) is 0 Å². The molecule has 0 amide bonds. The van der Waals surface area contributed by atoms with Gasteiger partial charge >= 0.3 is 11.9 Å². The normalized spacial score (nSPS) is 28.1. The zero-order chi connectivity index (χ0) is 19.3. The number of methoxy groups -OCH3 is 1. The Labute approximate surface area is 150 Å². The Kier molecular flexibility index (Phi) is 6.78. The first kappa shape index (κ1) is 20.0. The summed E-state index contributed by atoms with van der Waals surface area (Å²) in [6, 6.07) is 6.51. The van der Waals surface area contributed by atoms with Gasteiger partial charge in [0, 0.05) is 13.8 Å². The number of hydrogen-bond donors (Lipinski definition) is 2. The molecular weight excluding hydrogens is 348 g/mol. The topological polar surface area (TPSA) is 121 Å². The highest BCUT2D eigenvalue weighted by Crippen LogP contribution is 2.29. The van der Waals surface area contributed by atoms with Crippen molar-refractivity contribution in [3.8, 4) is 11.5 Å². The molecule has 0 spiro atoms. The minimum atomic E-state index is -1.45. The van der Waals surface area contributed by atoms with Gasteiger partial charge in [-0.2, -0.15) is 0 Å². The fraction of sp³-hybridized carbons (Fsp3) is 0.529. The third-order valence-corrected chi connectivity index (χ3v) is 3.71. The first-order valence-corrected chi connectivity index (χ1v) is 7.95. The standard InChI is InChI=1S/C17H22O9/c1-9(19)23-15-13(8-18)26-17(16(14(15)21)24-10(2)20)25-12-6-4-11(22-3)5-7-12/h4-7,13-18,21H,8H2,1-3H3/t13-,14+,15-,16-,17-/m1/s1. The molecule has 0 aromatic heterocycles. The number of aliphatic hydroxyl groups is 2. The van der Waals surface area contributed by atoms with Gasteiger partial charge in [-0.15, -0.1) is 0 Å². The van der Waals surface area contributed by atoms with E-state index in [9.17, 15) is 19.8 Å². The molecule has 9 nitrogen and oxygen atoms in total. The lowest BCUT2D eigenvalue weighted by Gasteiger charge is -2.42. The van der Waals surface area contributed by atoms with Crippen molar-refractivity contribution in [2.24, 2.45) is 0 Å². The van der Waals surface area contributed by atoms with Crippen LogP contribution in [-0.4, -0.2) is 66.6 Å². The van der Waals surface area contributed by atoms with Crippen molar-refractivity contribution in [3.05, 3.63) is 24.3 Å². The summed E-state index contributed by atoms with van der Waals surface area (Å²) in [5, 5.41) is 20.0. The number of hydrogen-bond acceptors (Lipinski definition) is 9. The van der Waals surface area contributed by atoms with Crippen molar-refractivity contribution < 1.29 is 43.5 Å². The van der Waals surface area contributed by atoms with Crippen LogP contribution in [0.1, 0.15) is 13.8 Å². The van der Waals surface area contributed by atoms with Crippen molar-refractivity contribution in [3.63, 3.8) is 0 Å². The number of carbonyl (C=O) groups is 2. The summed E-state index contributed by atoms with van der Waals surface area (Å²) in [4.78, 5) is 22.7. The van der Waals surface area contributed by atoms with Crippen molar-refractivity contribution in [1.29, 1.82) is 0 Å². The largest absolute Gasteiger partial charge is 0.497 e. The van der Waals surface area contributed by atoms with Gasteiger partial charge in [0.2, 0.25) is 6.29 Å². The molecular formula is C17H22O9. The molecule has 0 radical (unpaired) electrons. The van der Waals surface area contributed by atoms with Crippen LogP contribution in [0.4, 0.5) is 0 Å². The first-order valence-electron chi connectivity index (χ1n) is 7.95. The SMILES string of the molecule is COc1ccc(O[C@@H]2O[C@H](CO)[C@@H](OC(C)=O)[C@H](O)[C@H]2OC(C)=O)cc1. The monoisotopic (exact) mass is 370 g/mol. The van der Waals surface area contributed by atoms with E-state index >= 15 is 0 Å². The average molecular weight is 370 g/mol. The van der Waals surface area contributed by atoms with Crippen LogP contribution >= 0.6 is 0 Å². The number of rotatable bonds is 6. The highest BCUT2D eigenvalue weighted by Gasteiger charge is 2.50. The Bertz CT molecular complexity index is 615. The van der Waals surface area contributed by atoms with Crippen LogP contribution in [-0.2, 0) is 23.8 Å². The van der Waals surface area contributed by atoms with Crippen LogP contribution in [0.3, 0.4) is 0 Å². The molecule has 1 saturated heterocycles. The summed E-state index contributed by atoms with van der Waals surface area (Å²) in [6.45, 7) is 1.78. The van der Waals surface area contributed by atoms with Crippen molar-refractivity contribution in [2.75, 3.05) is 13.7 Å². The summed E-state index contributed by atoms with van der Waals surface area (Å²) in [6.07, 6.45) is -6.19. The molecule has 2 rings (SSSR count). The van der Waals surface area contributed by atoms with Gasteiger partial charge in [-0.3, -0.25) is 9.59 Å². The van der Waals surface area contributed by atoms with E-state index in [-0.39, 0.29) is 0 Å². The highest BCUT2D eigenvalue weighted by atomic mass is 16.7. The molecule has 5 atom stereocenters. The zero-order valence-electron chi connectivity index (χ0n) is 14.7. The second kappa shape index (κ2) is 8.84. The molecule has 9 heteroatoms. The fourth-order valence-electron chi connectivity index (χ4n) is 2.58. The van der Waals surface area contributed by atoms with Crippen LogP contribution in [0.15, 0.2) is 24.3 Å². The van der Waals surface area contributed by atoms with E-state index in [1.54, 1.807) is 24.3 Å². The fourth-order valence-corrected chi connectivity index (χ4v) is 2.58. The smallest absolute Gasteiger partial charge is 0.303 e. The molecule has 2 N–H and O–H groups in total. The molecule has 0 aliphatic carbocycles. The van der Waals surface area contributed by atoms with E-state index < -0.39 is 49.3 Å². The van der Waals surface area contributed by atoms with Gasteiger partial charge in [0.25, 0.3) is 0 Å². The van der Waals surface area contributed by atoms with E-state index in [2.05, 4.69) is 0 Å². The lowest BCUT2D eigenvalue weighted by Crippen LogP contribution is -2.62. The van der Waals surface area contributed by atoms with Gasteiger partial charge < -0.3 is 33.9 Å². The summed E-state index contributed by atoms with van der Waals surface area (Å²) < 4.78 is 26.4. The van der Waals surface area contributed by atoms with Crippen LogP contribution in [0.25, 0.3) is 0 Å². The molecule has 1 aliphatic rings. The third-order valence-electron chi connectivity index (χ3n) is 3.71. The molecule has 1 aliphatic heterocycles. The van der Waals surface area contributed by atoms with Gasteiger partial charge in [-0.25, -0.2) is 0 Å². The van der Waals surface area contributed by atoms with E-state index in [0.29, 0.717) is 11.5 Å². The summed E-state index contributed by atoms with van der Waals surface area (Å²) >= 11 is 0. The maximum Gasteiger partial charge on any atom is 0.303 e. The highest BCUT2D eigenvalue weighted by molar-refractivity contribution is 5.67. The predicted octanol–water partition coefficient (Wildman–Crippen LogP) is 0.0155. The maximum absolute atomic E-state index is 11.4. The third kappa shape index (κ3) is 4.84. The Morgan fingerprint density at radius 1 is 1.04 bits per heavy atom. The molecule has 0 unspecified atom stereocenters. The Hall–Kier alpha value is -2.36. The average Bonchev–Trinajstić information content (AvgIpc) is 2.60. The van der Waals surface area contributed by atoms with Gasteiger partial charge in [-0.1, -0.05) is 0 Å². The Morgan fingerprint density at radius 2 is 1.58 bits per heavy atom. The lowest BCUT2D eigenvalue weighted by atomic mass is 9.98. The molecule has 0 saturated carbocycles. The molecule has 26 heavy (non-hydrogen) atoms. The van der Waals surface area contributed by atoms with Gasteiger partial charge in [-0.05, 0) is 24.3 Å². The minimum absolute atomic E-state index is 0.364.